The van der Waals surface area contributed by atoms with Crippen LogP contribution in [0, 0.1) is 0 Å². The van der Waals surface area contributed by atoms with Gasteiger partial charge in [-0.05, 0) is 26.2 Å². The van der Waals surface area contributed by atoms with Crippen molar-refractivity contribution >= 4 is 6.29 Å². The third-order valence-corrected chi connectivity index (χ3v) is 2.31. The van der Waals surface area contributed by atoms with Gasteiger partial charge in [0.2, 0.25) is 0 Å². The summed E-state index contributed by atoms with van der Waals surface area (Å²) in [4.78, 5) is 10.3. The molecule has 0 aromatic carbocycles. The summed E-state index contributed by atoms with van der Waals surface area (Å²) in [5, 5.41) is 0. The topological polar surface area (TPSA) is 26.3 Å². The van der Waals surface area contributed by atoms with Crippen molar-refractivity contribution in [1.82, 2.24) is 0 Å². The van der Waals surface area contributed by atoms with Crippen molar-refractivity contribution in [2.75, 3.05) is 0 Å². The van der Waals surface area contributed by atoms with Crippen LogP contribution in [0.15, 0.2) is 0 Å². The number of hydrogen-bond donors (Lipinski definition) is 0. The first kappa shape index (κ1) is 10.5. The largest absolute Gasteiger partial charge is 0.417 e. The van der Waals surface area contributed by atoms with Crippen molar-refractivity contribution in [3.8, 4) is 0 Å². The Balaban J connectivity index is 2.73. The van der Waals surface area contributed by atoms with Gasteiger partial charge in [0.1, 0.15) is 12.4 Å². The third kappa shape index (κ3) is 2.02. The number of carbonyl (C=O) groups excluding carboxylic acids is 1. The molecular formula is C8H11F3O2. The van der Waals surface area contributed by atoms with E-state index in [1.54, 1.807) is 0 Å². The van der Waals surface area contributed by atoms with E-state index < -0.39 is 17.9 Å². The Bertz CT molecular complexity index is 202. The Morgan fingerprint density at radius 2 is 2.15 bits per heavy atom. The summed E-state index contributed by atoms with van der Waals surface area (Å²) in [6, 6.07) is 0. The molecule has 0 bridgehead atoms. The van der Waals surface area contributed by atoms with Crippen molar-refractivity contribution in [2.24, 2.45) is 0 Å². The van der Waals surface area contributed by atoms with Gasteiger partial charge < -0.3 is 9.53 Å². The molecule has 1 rings (SSSR count). The lowest BCUT2D eigenvalue weighted by Gasteiger charge is -2.37. The van der Waals surface area contributed by atoms with E-state index in [0.717, 1.165) is 6.92 Å². The first-order valence-electron chi connectivity index (χ1n) is 4.09. The number of halogens is 3. The van der Waals surface area contributed by atoms with Crippen LogP contribution in [0.1, 0.15) is 26.2 Å². The molecule has 76 valence electrons. The highest BCUT2D eigenvalue weighted by Gasteiger charge is 2.54. The second-order valence-electron chi connectivity index (χ2n) is 3.41. The predicted octanol–water partition coefficient (Wildman–Crippen LogP) is 2.08. The fourth-order valence-electron chi connectivity index (χ4n) is 1.40. The summed E-state index contributed by atoms with van der Waals surface area (Å²) in [5.41, 5.74) is -2.14. The molecule has 2 nitrogen and oxygen atoms in total. The first-order chi connectivity index (χ1) is 5.89. The van der Waals surface area contributed by atoms with Crippen LogP contribution in [0.5, 0.6) is 0 Å². The molecule has 1 heterocycles. The van der Waals surface area contributed by atoms with Crippen molar-refractivity contribution in [2.45, 2.75) is 44.1 Å². The summed E-state index contributed by atoms with van der Waals surface area (Å²) in [5.74, 6) is 0. The average molecular weight is 196 g/mol. The normalized spacial score (nSPS) is 35.8. The van der Waals surface area contributed by atoms with Gasteiger partial charge in [-0.3, -0.25) is 0 Å². The lowest BCUT2D eigenvalue weighted by Crippen LogP contribution is -2.50. The number of rotatable bonds is 1. The lowest BCUT2D eigenvalue weighted by atomic mass is 9.93. The van der Waals surface area contributed by atoms with Gasteiger partial charge in [0, 0.05) is 0 Å². The predicted molar refractivity (Wildman–Crippen MR) is 39.2 cm³/mol. The molecule has 2 unspecified atom stereocenters. The number of ether oxygens (including phenoxy) is 1. The van der Waals surface area contributed by atoms with Crippen molar-refractivity contribution < 1.29 is 22.7 Å². The molecule has 0 aliphatic carbocycles. The second kappa shape index (κ2) is 3.29. The summed E-state index contributed by atoms with van der Waals surface area (Å²) in [6.07, 6.45) is -4.17. The maximum atomic E-state index is 12.4. The monoisotopic (exact) mass is 196 g/mol. The molecule has 1 aliphatic rings. The van der Waals surface area contributed by atoms with Gasteiger partial charge in [0.25, 0.3) is 0 Å². The Hall–Kier alpha value is -0.580. The Kier molecular flexibility index (Phi) is 2.66. The van der Waals surface area contributed by atoms with E-state index >= 15 is 0 Å². The summed E-state index contributed by atoms with van der Waals surface area (Å²) in [6.45, 7) is 0.989. The Morgan fingerprint density at radius 1 is 1.54 bits per heavy atom. The zero-order valence-corrected chi connectivity index (χ0v) is 7.23. The molecule has 1 fully saturated rings. The maximum Gasteiger partial charge on any atom is 0.417 e. The minimum absolute atomic E-state index is 0.0686. The van der Waals surface area contributed by atoms with Crippen molar-refractivity contribution in [1.29, 1.82) is 0 Å². The Labute approximate surface area is 74.1 Å². The van der Waals surface area contributed by atoms with Gasteiger partial charge >= 0.3 is 6.18 Å². The fraction of sp³-hybridized carbons (Fsp3) is 0.875. The number of alkyl halides is 3. The number of hydrogen-bond acceptors (Lipinski definition) is 2. The van der Waals surface area contributed by atoms with E-state index in [0.29, 0.717) is 19.1 Å². The van der Waals surface area contributed by atoms with Gasteiger partial charge in [-0.2, -0.15) is 13.2 Å². The van der Waals surface area contributed by atoms with Gasteiger partial charge in [-0.1, -0.05) is 0 Å². The van der Waals surface area contributed by atoms with Crippen LogP contribution in [-0.4, -0.2) is 24.2 Å². The maximum absolute atomic E-state index is 12.4. The molecule has 1 aliphatic heterocycles. The van der Waals surface area contributed by atoms with Gasteiger partial charge in [-0.25, -0.2) is 0 Å². The van der Waals surface area contributed by atoms with E-state index in [4.69, 9.17) is 4.74 Å². The van der Waals surface area contributed by atoms with Crippen LogP contribution in [0.3, 0.4) is 0 Å². The highest BCUT2D eigenvalue weighted by Crippen LogP contribution is 2.41. The lowest BCUT2D eigenvalue weighted by molar-refractivity contribution is -0.291. The summed E-state index contributed by atoms with van der Waals surface area (Å²) >= 11 is 0. The zero-order chi connectivity index (χ0) is 10.1. The van der Waals surface area contributed by atoms with E-state index in [2.05, 4.69) is 0 Å². The van der Waals surface area contributed by atoms with E-state index in [9.17, 15) is 18.0 Å². The standard InChI is InChI=1S/C8H11F3O2/c1-7(8(9,10)11)4-2-3-6(5-12)13-7/h5-6H,2-4H2,1H3. The summed E-state index contributed by atoms with van der Waals surface area (Å²) < 4.78 is 41.9. The van der Waals surface area contributed by atoms with E-state index in [-0.39, 0.29) is 6.42 Å². The molecule has 5 heteroatoms. The summed E-state index contributed by atoms with van der Waals surface area (Å²) in [7, 11) is 0. The van der Waals surface area contributed by atoms with Crippen LogP contribution in [0.25, 0.3) is 0 Å². The van der Waals surface area contributed by atoms with Crippen LogP contribution < -0.4 is 0 Å². The molecule has 0 N–H and O–H groups in total. The molecule has 1 saturated heterocycles. The van der Waals surface area contributed by atoms with Gasteiger partial charge in [0.05, 0.1) is 0 Å². The number of aldehydes is 1. The van der Waals surface area contributed by atoms with Crippen molar-refractivity contribution in [3.63, 3.8) is 0 Å². The van der Waals surface area contributed by atoms with Crippen molar-refractivity contribution in [3.05, 3.63) is 0 Å². The molecule has 2 atom stereocenters. The van der Waals surface area contributed by atoms with E-state index in [1.165, 1.54) is 0 Å². The highest BCUT2D eigenvalue weighted by atomic mass is 19.4. The van der Waals surface area contributed by atoms with Crippen LogP contribution in [-0.2, 0) is 9.53 Å². The zero-order valence-electron chi connectivity index (χ0n) is 7.23. The smallest absolute Gasteiger partial charge is 0.355 e. The minimum atomic E-state index is -4.39. The van der Waals surface area contributed by atoms with E-state index in [1.807, 2.05) is 0 Å². The van der Waals surface area contributed by atoms with Gasteiger partial charge in [-0.15, -0.1) is 0 Å². The van der Waals surface area contributed by atoms with Crippen LogP contribution >= 0.6 is 0 Å². The molecule has 0 spiro atoms. The SMILES string of the molecule is CC1(C(F)(F)F)CCCC(C=O)O1. The number of carbonyl (C=O) groups is 1. The molecule has 0 radical (unpaired) electrons. The quantitative estimate of drug-likeness (QED) is 0.600. The Morgan fingerprint density at radius 3 is 2.62 bits per heavy atom. The molecule has 13 heavy (non-hydrogen) atoms. The molecule has 0 aromatic heterocycles. The minimum Gasteiger partial charge on any atom is -0.355 e. The average Bonchev–Trinajstić information content (AvgIpc) is 2.02. The molecular weight excluding hydrogens is 185 g/mol. The second-order valence-corrected chi connectivity index (χ2v) is 3.41. The van der Waals surface area contributed by atoms with Crippen LogP contribution in [0.2, 0.25) is 0 Å². The molecule has 0 amide bonds. The first-order valence-corrected chi connectivity index (χ1v) is 4.09. The molecule has 0 saturated carbocycles. The highest BCUT2D eigenvalue weighted by molar-refractivity contribution is 5.56. The van der Waals surface area contributed by atoms with Crippen LogP contribution in [0.4, 0.5) is 13.2 Å². The fourth-order valence-corrected chi connectivity index (χ4v) is 1.40. The van der Waals surface area contributed by atoms with Gasteiger partial charge in [0.15, 0.2) is 5.60 Å². The third-order valence-electron chi connectivity index (χ3n) is 2.31. The molecule has 0 aromatic rings.